The van der Waals surface area contributed by atoms with E-state index in [1.807, 2.05) is 24.9 Å². The zero-order valence-corrected chi connectivity index (χ0v) is 9.95. The van der Waals surface area contributed by atoms with Gasteiger partial charge in [0.15, 0.2) is 0 Å². The van der Waals surface area contributed by atoms with E-state index in [0.29, 0.717) is 11.3 Å². The average Bonchev–Trinajstić information content (AvgIpc) is 2.59. The van der Waals surface area contributed by atoms with E-state index in [0.717, 1.165) is 11.4 Å². The Labute approximate surface area is 94.2 Å². The van der Waals surface area contributed by atoms with Crippen molar-refractivity contribution in [2.75, 3.05) is 7.05 Å². The fourth-order valence-corrected chi connectivity index (χ4v) is 3.27. The van der Waals surface area contributed by atoms with E-state index in [4.69, 9.17) is 11.6 Å². The first-order valence-corrected chi connectivity index (χ1v) is 6.09. The van der Waals surface area contributed by atoms with Crippen molar-refractivity contribution in [3.8, 4) is 0 Å². The summed E-state index contributed by atoms with van der Waals surface area (Å²) in [6.45, 7) is 2.23. The van der Waals surface area contributed by atoms with Gasteiger partial charge in [-0.25, -0.2) is 0 Å². The molecule has 0 amide bonds. The second-order valence-electron chi connectivity index (χ2n) is 3.69. The first kappa shape index (κ1) is 10.3. The molecule has 1 aromatic carbocycles. The zero-order valence-electron chi connectivity index (χ0n) is 8.38. The summed E-state index contributed by atoms with van der Waals surface area (Å²) >= 11 is 7.92. The maximum absolute atomic E-state index is 5.96. The van der Waals surface area contributed by atoms with Crippen LogP contribution in [0.25, 0.3) is 0 Å². The molecule has 0 aromatic heterocycles. The number of hydrogen-bond donors (Lipinski definition) is 1. The Hall–Kier alpha value is -0.180. The number of hydrogen-bond acceptors (Lipinski definition) is 2. The third-order valence-corrected chi connectivity index (χ3v) is 4.50. The van der Waals surface area contributed by atoms with Crippen molar-refractivity contribution in [3.63, 3.8) is 0 Å². The molecule has 2 unspecified atom stereocenters. The van der Waals surface area contributed by atoms with Crippen molar-refractivity contribution in [1.29, 1.82) is 0 Å². The molecule has 0 bridgehead atoms. The molecule has 14 heavy (non-hydrogen) atoms. The molecule has 1 N–H and O–H groups in total. The minimum Gasteiger partial charge on any atom is -0.316 e. The van der Waals surface area contributed by atoms with Crippen molar-refractivity contribution in [2.24, 2.45) is 0 Å². The minimum absolute atomic E-state index is 0.547. The lowest BCUT2D eigenvalue weighted by molar-refractivity contribution is 0.584. The molecule has 0 aliphatic carbocycles. The molecule has 0 saturated carbocycles. The van der Waals surface area contributed by atoms with Crippen LogP contribution in [0.1, 0.15) is 12.5 Å². The summed E-state index contributed by atoms with van der Waals surface area (Å²) in [5, 5.41) is 4.80. The Morgan fingerprint density at radius 3 is 3.07 bits per heavy atom. The second-order valence-corrected chi connectivity index (χ2v) is 5.41. The van der Waals surface area contributed by atoms with Crippen LogP contribution in [0, 0.1) is 0 Å². The molecule has 0 fully saturated rings. The molecular weight excluding hydrogens is 214 g/mol. The lowest BCUT2D eigenvalue weighted by Crippen LogP contribution is -2.32. The Morgan fingerprint density at radius 2 is 2.36 bits per heavy atom. The molecule has 1 aromatic rings. The maximum atomic E-state index is 5.96. The number of benzene rings is 1. The first-order valence-electron chi connectivity index (χ1n) is 4.83. The summed E-state index contributed by atoms with van der Waals surface area (Å²) in [6, 6.07) is 6.74. The van der Waals surface area contributed by atoms with Gasteiger partial charge in [0.1, 0.15) is 0 Å². The van der Waals surface area contributed by atoms with Gasteiger partial charge in [0.25, 0.3) is 0 Å². The third-order valence-electron chi connectivity index (χ3n) is 2.73. The predicted octanol–water partition coefficient (Wildman–Crippen LogP) is 2.96. The molecule has 0 radical (unpaired) electrons. The predicted molar refractivity (Wildman–Crippen MR) is 63.3 cm³/mol. The largest absolute Gasteiger partial charge is 0.316 e. The first-order chi connectivity index (χ1) is 6.70. The zero-order chi connectivity index (χ0) is 10.1. The van der Waals surface area contributed by atoms with E-state index >= 15 is 0 Å². The molecule has 76 valence electrons. The molecule has 1 aliphatic rings. The van der Waals surface area contributed by atoms with Crippen LogP contribution in [-0.4, -0.2) is 18.3 Å². The molecule has 1 heterocycles. The third kappa shape index (κ3) is 1.92. The van der Waals surface area contributed by atoms with Crippen molar-refractivity contribution < 1.29 is 0 Å². The molecule has 3 heteroatoms. The highest BCUT2D eigenvalue weighted by Crippen LogP contribution is 2.39. The molecule has 2 atom stereocenters. The summed E-state index contributed by atoms with van der Waals surface area (Å²) < 4.78 is 0. The van der Waals surface area contributed by atoms with Gasteiger partial charge in [-0.2, -0.15) is 0 Å². The second kappa shape index (κ2) is 4.13. The number of fused-ring (bicyclic) bond motifs is 1. The molecule has 0 saturated heterocycles. The van der Waals surface area contributed by atoms with Crippen LogP contribution in [0.3, 0.4) is 0 Å². The average molecular weight is 228 g/mol. The van der Waals surface area contributed by atoms with E-state index in [1.165, 1.54) is 10.5 Å². The van der Waals surface area contributed by atoms with Gasteiger partial charge in [-0.05, 0) is 44.2 Å². The van der Waals surface area contributed by atoms with Crippen molar-refractivity contribution in [3.05, 3.63) is 28.8 Å². The van der Waals surface area contributed by atoms with E-state index in [2.05, 4.69) is 24.4 Å². The van der Waals surface area contributed by atoms with E-state index < -0.39 is 0 Å². The topological polar surface area (TPSA) is 12.0 Å². The highest BCUT2D eigenvalue weighted by Gasteiger charge is 2.25. The van der Waals surface area contributed by atoms with Crippen LogP contribution in [0.4, 0.5) is 0 Å². The summed E-state index contributed by atoms with van der Waals surface area (Å²) in [6.07, 6.45) is 1.13. The molecule has 2 rings (SSSR count). The highest BCUT2D eigenvalue weighted by molar-refractivity contribution is 8.00. The van der Waals surface area contributed by atoms with E-state index in [9.17, 15) is 0 Å². The van der Waals surface area contributed by atoms with Crippen LogP contribution in [0.5, 0.6) is 0 Å². The van der Waals surface area contributed by atoms with E-state index in [-0.39, 0.29) is 0 Å². The quantitative estimate of drug-likeness (QED) is 0.834. The summed E-state index contributed by atoms with van der Waals surface area (Å²) in [5.41, 5.74) is 1.40. The fourth-order valence-electron chi connectivity index (χ4n) is 1.71. The van der Waals surface area contributed by atoms with Gasteiger partial charge < -0.3 is 5.32 Å². The summed E-state index contributed by atoms with van der Waals surface area (Å²) in [4.78, 5) is 1.39. The number of rotatable bonds is 2. The minimum atomic E-state index is 0.547. The summed E-state index contributed by atoms with van der Waals surface area (Å²) in [5.74, 6) is 0. The number of thioether (sulfide) groups is 1. The van der Waals surface area contributed by atoms with Crippen LogP contribution in [-0.2, 0) is 6.42 Å². The van der Waals surface area contributed by atoms with Gasteiger partial charge >= 0.3 is 0 Å². The smallest absolute Gasteiger partial charge is 0.0409 e. The Kier molecular flexibility index (Phi) is 3.05. The van der Waals surface area contributed by atoms with Gasteiger partial charge in [0, 0.05) is 21.2 Å². The molecule has 1 nitrogen and oxygen atoms in total. The molecule has 0 spiro atoms. The highest BCUT2D eigenvalue weighted by atomic mass is 35.5. The lowest BCUT2D eigenvalue weighted by Gasteiger charge is -2.16. The standard InChI is InChI=1S/C11H14ClNS/c1-7(13-2)11-6-8-5-9(12)3-4-10(8)14-11/h3-5,7,11,13H,6H2,1-2H3. The SMILES string of the molecule is CNC(C)C1Cc2cc(Cl)ccc2S1. The van der Waals surface area contributed by atoms with Gasteiger partial charge in [0.2, 0.25) is 0 Å². The van der Waals surface area contributed by atoms with Crippen LogP contribution >= 0.6 is 23.4 Å². The van der Waals surface area contributed by atoms with Crippen LogP contribution in [0.2, 0.25) is 5.02 Å². The number of halogens is 1. The maximum Gasteiger partial charge on any atom is 0.0409 e. The number of nitrogens with one attached hydrogen (secondary N) is 1. The van der Waals surface area contributed by atoms with Gasteiger partial charge in [0.05, 0.1) is 0 Å². The monoisotopic (exact) mass is 227 g/mol. The summed E-state index contributed by atoms with van der Waals surface area (Å²) in [7, 11) is 2.02. The van der Waals surface area contributed by atoms with Crippen molar-refractivity contribution in [1.82, 2.24) is 5.32 Å². The molecular formula is C11H14ClNS. The normalized spacial score (nSPS) is 22.1. The fraction of sp³-hybridized carbons (Fsp3) is 0.455. The van der Waals surface area contributed by atoms with Gasteiger partial charge in [-0.3, -0.25) is 0 Å². The van der Waals surface area contributed by atoms with Gasteiger partial charge in [-0.1, -0.05) is 11.6 Å². The van der Waals surface area contributed by atoms with Crippen LogP contribution in [0.15, 0.2) is 23.1 Å². The Balaban J connectivity index is 2.17. The Morgan fingerprint density at radius 1 is 1.57 bits per heavy atom. The van der Waals surface area contributed by atoms with Crippen molar-refractivity contribution >= 4 is 23.4 Å². The van der Waals surface area contributed by atoms with Crippen molar-refractivity contribution in [2.45, 2.75) is 29.5 Å². The lowest BCUT2D eigenvalue weighted by atomic mass is 10.1. The van der Waals surface area contributed by atoms with E-state index in [1.54, 1.807) is 0 Å². The van der Waals surface area contributed by atoms with Gasteiger partial charge in [-0.15, -0.1) is 11.8 Å². The molecule has 1 aliphatic heterocycles. The van der Waals surface area contributed by atoms with Crippen LogP contribution < -0.4 is 5.32 Å². The Bertz CT molecular complexity index is 340.